The van der Waals surface area contributed by atoms with Crippen molar-refractivity contribution in [3.63, 3.8) is 0 Å². The van der Waals surface area contributed by atoms with Gasteiger partial charge in [-0.15, -0.1) is 0 Å². The van der Waals surface area contributed by atoms with Gasteiger partial charge in [-0.25, -0.2) is 0 Å². The van der Waals surface area contributed by atoms with E-state index in [1.807, 2.05) is 4.90 Å². The van der Waals surface area contributed by atoms with Gasteiger partial charge in [0.25, 0.3) is 0 Å². The van der Waals surface area contributed by atoms with Crippen LogP contribution in [-0.2, 0) is 9.53 Å². The van der Waals surface area contributed by atoms with Crippen molar-refractivity contribution in [3.8, 4) is 0 Å². The van der Waals surface area contributed by atoms with Gasteiger partial charge in [-0.1, -0.05) is 0 Å². The van der Waals surface area contributed by atoms with Crippen LogP contribution in [0.5, 0.6) is 0 Å². The molecule has 1 rings (SSSR count). The highest BCUT2D eigenvalue weighted by atomic mass is 16.5. The summed E-state index contributed by atoms with van der Waals surface area (Å²) in [6.45, 7) is 4.47. The molecule has 1 heterocycles. The van der Waals surface area contributed by atoms with E-state index in [0.717, 1.165) is 19.5 Å². The van der Waals surface area contributed by atoms with Crippen molar-refractivity contribution in [2.24, 2.45) is 11.7 Å². The first-order valence-electron chi connectivity index (χ1n) is 5.72. The van der Waals surface area contributed by atoms with Crippen LogP contribution in [0.25, 0.3) is 0 Å². The monoisotopic (exact) mass is 230 g/mol. The lowest BCUT2D eigenvalue weighted by molar-refractivity contribution is -0.151. The standard InChI is InChI=1S/C11H22N2O3/c1-11(10(14)15,4-6-16-2)13-5-3-9(7-12)8-13/h9H,3-8,12H2,1-2H3,(H,14,15). The predicted octanol–water partition coefficient (Wildman–Crippen LogP) is 0.147. The highest BCUT2D eigenvalue weighted by Crippen LogP contribution is 2.27. The molecule has 0 amide bonds. The van der Waals surface area contributed by atoms with E-state index in [2.05, 4.69) is 0 Å². The molecule has 5 nitrogen and oxygen atoms in total. The minimum Gasteiger partial charge on any atom is -0.480 e. The smallest absolute Gasteiger partial charge is 0.323 e. The van der Waals surface area contributed by atoms with E-state index in [1.165, 1.54) is 0 Å². The Kier molecular flexibility index (Phi) is 4.70. The van der Waals surface area contributed by atoms with Gasteiger partial charge < -0.3 is 15.6 Å². The number of carboxylic acids is 1. The minimum absolute atomic E-state index is 0.432. The molecule has 2 unspecified atom stereocenters. The molecule has 1 fully saturated rings. The minimum atomic E-state index is -0.820. The highest BCUT2D eigenvalue weighted by molar-refractivity contribution is 5.78. The molecular formula is C11H22N2O3. The fourth-order valence-electron chi connectivity index (χ4n) is 2.17. The Hall–Kier alpha value is -0.650. The normalized spacial score (nSPS) is 25.6. The largest absolute Gasteiger partial charge is 0.480 e. The number of likely N-dealkylation sites (tertiary alicyclic amines) is 1. The number of hydrogen-bond acceptors (Lipinski definition) is 4. The van der Waals surface area contributed by atoms with Gasteiger partial charge in [0, 0.05) is 20.3 Å². The topological polar surface area (TPSA) is 75.8 Å². The Morgan fingerprint density at radius 2 is 2.38 bits per heavy atom. The maximum absolute atomic E-state index is 11.4. The van der Waals surface area contributed by atoms with Crippen molar-refractivity contribution in [1.29, 1.82) is 0 Å². The second kappa shape index (κ2) is 5.61. The molecule has 94 valence electrons. The molecule has 5 heteroatoms. The second-order valence-corrected chi connectivity index (χ2v) is 4.66. The van der Waals surface area contributed by atoms with Crippen LogP contribution < -0.4 is 5.73 Å². The van der Waals surface area contributed by atoms with Crippen LogP contribution in [0.3, 0.4) is 0 Å². The molecule has 0 saturated carbocycles. The number of hydrogen-bond donors (Lipinski definition) is 2. The molecule has 0 spiro atoms. The van der Waals surface area contributed by atoms with E-state index >= 15 is 0 Å². The molecule has 2 atom stereocenters. The Morgan fingerprint density at radius 3 is 2.81 bits per heavy atom. The quantitative estimate of drug-likeness (QED) is 0.679. The van der Waals surface area contributed by atoms with Crippen LogP contribution in [0.4, 0.5) is 0 Å². The van der Waals surface area contributed by atoms with E-state index in [4.69, 9.17) is 10.5 Å². The van der Waals surface area contributed by atoms with Crippen molar-refractivity contribution in [2.75, 3.05) is 33.4 Å². The first kappa shape index (κ1) is 13.4. The molecule has 0 aromatic rings. The molecule has 1 saturated heterocycles. The van der Waals surface area contributed by atoms with Gasteiger partial charge >= 0.3 is 5.97 Å². The zero-order chi connectivity index (χ0) is 12.2. The molecule has 3 N–H and O–H groups in total. The number of nitrogens with two attached hydrogens (primary N) is 1. The lowest BCUT2D eigenvalue weighted by Gasteiger charge is -2.35. The van der Waals surface area contributed by atoms with Crippen LogP contribution in [0, 0.1) is 5.92 Å². The third-order valence-corrected chi connectivity index (χ3v) is 3.57. The van der Waals surface area contributed by atoms with Gasteiger partial charge in [0.05, 0.1) is 0 Å². The first-order valence-corrected chi connectivity index (χ1v) is 5.72. The first-order chi connectivity index (χ1) is 7.54. The van der Waals surface area contributed by atoms with Gasteiger partial charge in [-0.3, -0.25) is 9.69 Å². The van der Waals surface area contributed by atoms with Gasteiger partial charge in [0.15, 0.2) is 0 Å². The number of aliphatic carboxylic acids is 1. The molecule has 1 aliphatic rings. The summed E-state index contributed by atoms with van der Waals surface area (Å²) >= 11 is 0. The molecule has 1 aliphatic heterocycles. The molecule has 16 heavy (non-hydrogen) atoms. The van der Waals surface area contributed by atoms with Crippen LogP contribution in [0.15, 0.2) is 0 Å². The second-order valence-electron chi connectivity index (χ2n) is 4.66. The van der Waals surface area contributed by atoms with Crippen LogP contribution in [-0.4, -0.2) is 54.9 Å². The fourth-order valence-corrected chi connectivity index (χ4v) is 2.17. The van der Waals surface area contributed by atoms with Crippen molar-refractivity contribution in [1.82, 2.24) is 4.90 Å². The van der Waals surface area contributed by atoms with Crippen molar-refractivity contribution in [3.05, 3.63) is 0 Å². The molecular weight excluding hydrogens is 208 g/mol. The zero-order valence-electron chi connectivity index (χ0n) is 10.1. The summed E-state index contributed by atoms with van der Waals surface area (Å²) in [5, 5.41) is 9.35. The summed E-state index contributed by atoms with van der Waals surface area (Å²) in [5.74, 6) is -0.344. The maximum atomic E-state index is 11.4. The van der Waals surface area contributed by atoms with E-state index in [9.17, 15) is 9.90 Å². The molecule has 0 radical (unpaired) electrons. The molecule has 0 aliphatic carbocycles. The van der Waals surface area contributed by atoms with E-state index in [-0.39, 0.29) is 0 Å². The van der Waals surface area contributed by atoms with Gasteiger partial charge in [-0.05, 0) is 38.8 Å². The van der Waals surface area contributed by atoms with Gasteiger partial charge in [0.2, 0.25) is 0 Å². The van der Waals surface area contributed by atoms with Crippen LogP contribution >= 0.6 is 0 Å². The number of methoxy groups -OCH3 is 1. The highest BCUT2D eigenvalue weighted by Gasteiger charge is 2.42. The van der Waals surface area contributed by atoms with E-state index in [1.54, 1.807) is 14.0 Å². The SMILES string of the molecule is COCCC(C)(C(=O)O)N1CCC(CN)C1. The fraction of sp³-hybridized carbons (Fsp3) is 0.909. The van der Waals surface area contributed by atoms with Crippen molar-refractivity contribution in [2.45, 2.75) is 25.3 Å². The summed E-state index contributed by atoms with van der Waals surface area (Å²) in [5.41, 5.74) is 4.80. The van der Waals surface area contributed by atoms with E-state index in [0.29, 0.717) is 25.5 Å². The molecule has 0 aromatic carbocycles. The average molecular weight is 230 g/mol. The van der Waals surface area contributed by atoms with Crippen molar-refractivity contribution < 1.29 is 14.6 Å². The maximum Gasteiger partial charge on any atom is 0.323 e. The summed E-state index contributed by atoms with van der Waals surface area (Å²) < 4.78 is 4.99. The predicted molar refractivity (Wildman–Crippen MR) is 61.3 cm³/mol. The average Bonchev–Trinajstić information content (AvgIpc) is 2.74. The number of nitrogens with zero attached hydrogens (tertiary/aromatic N) is 1. The summed E-state index contributed by atoms with van der Waals surface area (Å²) in [6.07, 6.45) is 1.50. The molecule has 0 bridgehead atoms. The third kappa shape index (κ3) is 2.72. The van der Waals surface area contributed by atoms with Gasteiger partial charge in [-0.2, -0.15) is 0 Å². The number of carboxylic acid groups (broad SMARTS) is 1. The Morgan fingerprint density at radius 1 is 1.69 bits per heavy atom. The Labute approximate surface area is 96.6 Å². The lowest BCUT2D eigenvalue weighted by atomic mass is 9.96. The van der Waals surface area contributed by atoms with Crippen LogP contribution in [0.1, 0.15) is 19.8 Å². The summed E-state index contributed by atoms with van der Waals surface area (Å²) in [4.78, 5) is 13.4. The van der Waals surface area contributed by atoms with Crippen molar-refractivity contribution >= 4 is 5.97 Å². The molecule has 0 aromatic heterocycles. The van der Waals surface area contributed by atoms with Gasteiger partial charge in [0.1, 0.15) is 5.54 Å². The lowest BCUT2D eigenvalue weighted by Crippen LogP contribution is -2.52. The summed E-state index contributed by atoms with van der Waals surface area (Å²) in [7, 11) is 1.59. The Balaban J connectivity index is 2.66. The summed E-state index contributed by atoms with van der Waals surface area (Å²) in [6, 6.07) is 0. The van der Waals surface area contributed by atoms with E-state index < -0.39 is 11.5 Å². The number of carbonyl (C=O) groups is 1. The Bertz CT molecular complexity index is 247. The number of ether oxygens (including phenoxy) is 1. The third-order valence-electron chi connectivity index (χ3n) is 3.57. The number of rotatable bonds is 6. The van der Waals surface area contributed by atoms with Crippen LogP contribution in [0.2, 0.25) is 0 Å². The zero-order valence-corrected chi connectivity index (χ0v) is 10.1.